The Hall–Kier alpha value is -2.83. The molecule has 7 heteroatoms. The number of carbonyl (C=O) groups excluding carboxylic acids is 1. The monoisotopic (exact) mass is 357 g/mol. The van der Waals surface area contributed by atoms with Gasteiger partial charge in [0.05, 0.1) is 12.6 Å². The van der Waals surface area contributed by atoms with Gasteiger partial charge in [0, 0.05) is 17.4 Å². The van der Waals surface area contributed by atoms with E-state index in [0.29, 0.717) is 17.7 Å². The van der Waals surface area contributed by atoms with Crippen molar-refractivity contribution in [2.45, 2.75) is 45.2 Å². The van der Waals surface area contributed by atoms with Crippen LogP contribution in [0.1, 0.15) is 48.6 Å². The first-order valence-electron chi connectivity index (χ1n) is 8.80. The van der Waals surface area contributed by atoms with Crippen LogP contribution in [0.2, 0.25) is 0 Å². The molecule has 0 fully saturated rings. The second kappa shape index (κ2) is 6.82. The van der Waals surface area contributed by atoms with Crippen LogP contribution in [-0.2, 0) is 19.4 Å². The van der Waals surface area contributed by atoms with Gasteiger partial charge in [-0.25, -0.2) is 9.18 Å². The normalized spacial score (nSPS) is 14.8. The predicted molar refractivity (Wildman–Crippen MR) is 93.1 cm³/mol. The number of benzene rings is 1. The number of hydrogen-bond donors (Lipinski definition) is 2. The van der Waals surface area contributed by atoms with Crippen molar-refractivity contribution in [2.75, 3.05) is 0 Å². The molecule has 136 valence electrons. The van der Waals surface area contributed by atoms with Gasteiger partial charge in [0.2, 0.25) is 0 Å². The van der Waals surface area contributed by atoms with Crippen molar-refractivity contribution in [3.8, 4) is 0 Å². The second-order valence-corrected chi connectivity index (χ2v) is 6.59. The van der Waals surface area contributed by atoms with Crippen molar-refractivity contribution in [1.82, 2.24) is 15.8 Å². The summed E-state index contributed by atoms with van der Waals surface area (Å²) in [5.41, 5.74) is 2.11. The molecule has 1 aliphatic carbocycles. The largest absolute Gasteiger partial charge is 0.456 e. The molecule has 0 bridgehead atoms. The molecule has 0 spiro atoms. The van der Waals surface area contributed by atoms with E-state index in [-0.39, 0.29) is 11.6 Å². The van der Waals surface area contributed by atoms with E-state index in [1.54, 1.807) is 25.1 Å². The number of furan rings is 1. The molecule has 2 heterocycles. The zero-order valence-electron chi connectivity index (χ0n) is 14.5. The average Bonchev–Trinajstić information content (AvgIpc) is 3.25. The number of urea groups is 1. The summed E-state index contributed by atoms with van der Waals surface area (Å²) in [7, 11) is 0. The van der Waals surface area contributed by atoms with Crippen LogP contribution >= 0.6 is 0 Å². The van der Waals surface area contributed by atoms with Gasteiger partial charge in [0.15, 0.2) is 11.4 Å². The number of carbonyl (C=O) groups is 1. The minimum absolute atomic E-state index is 0.200. The lowest BCUT2D eigenvalue weighted by Gasteiger charge is -2.13. The van der Waals surface area contributed by atoms with Crippen molar-refractivity contribution in [3.63, 3.8) is 0 Å². The minimum Gasteiger partial charge on any atom is -0.456 e. The molecule has 1 aromatic carbocycles. The van der Waals surface area contributed by atoms with E-state index in [9.17, 15) is 9.18 Å². The lowest BCUT2D eigenvalue weighted by Crippen LogP contribution is -2.36. The number of halogens is 1. The fourth-order valence-electron chi connectivity index (χ4n) is 3.33. The van der Waals surface area contributed by atoms with Crippen LogP contribution < -0.4 is 10.6 Å². The van der Waals surface area contributed by atoms with Gasteiger partial charge in [-0.2, -0.15) is 0 Å². The summed E-state index contributed by atoms with van der Waals surface area (Å²) < 4.78 is 24.6. The third-order valence-electron chi connectivity index (χ3n) is 4.74. The zero-order chi connectivity index (χ0) is 18.1. The first kappa shape index (κ1) is 16.6. The van der Waals surface area contributed by atoms with E-state index < -0.39 is 11.9 Å². The van der Waals surface area contributed by atoms with Gasteiger partial charge in [-0.05, 0) is 38.3 Å². The number of nitrogens with zero attached hydrogens (tertiary/aromatic N) is 1. The summed E-state index contributed by atoms with van der Waals surface area (Å²) in [6.07, 6.45) is 4.09. The number of aryl methyl sites for hydroxylation is 1. The Bertz CT molecular complexity index is 947. The maximum absolute atomic E-state index is 13.7. The van der Waals surface area contributed by atoms with E-state index in [1.165, 1.54) is 6.07 Å². The smallest absolute Gasteiger partial charge is 0.315 e. The number of fused-ring (bicyclic) bond motifs is 2. The van der Waals surface area contributed by atoms with Crippen LogP contribution in [0.3, 0.4) is 0 Å². The number of aromatic nitrogens is 1. The highest BCUT2D eigenvalue weighted by Crippen LogP contribution is 2.26. The predicted octanol–water partition coefficient (Wildman–Crippen LogP) is 4.00. The second-order valence-electron chi connectivity index (χ2n) is 6.59. The Morgan fingerprint density at radius 2 is 2.19 bits per heavy atom. The highest BCUT2D eigenvalue weighted by atomic mass is 19.1. The van der Waals surface area contributed by atoms with Crippen LogP contribution in [0, 0.1) is 5.82 Å². The van der Waals surface area contributed by atoms with Crippen LogP contribution in [0.5, 0.6) is 0 Å². The van der Waals surface area contributed by atoms with Crippen molar-refractivity contribution >= 4 is 17.0 Å². The zero-order valence-corrected chi connectivity index (χ0v) is 14.5. The van der Waals surface area contributed by atoms with Crippen LogP contribution in [0.15, 0.2) is 33.2 Å². The number of rotatable bonds is 4. The van der Waals surface area contributed by atoms with Gasteiger partial charge < -0.3 is 19.6 Å². The van der Waals surface area contributed by atoms with Crippen LogP contribution in [-0.4, -0.2) is 11.2 Å². The van der Waals surface area contributed by atoms with E-state index >= 15 is 0 Å². The molecule has 2 amide bonds. The molecule has 1 unspecified atom stereocenters. The third-order valence-corrected chi connectivity index (χ3v) is 4.74. The number of amides is 2. The fourth-order valence-corrected chi connectivity index (χ4v) is 3.33. The molecule has 26 heavy (non-hydrogen) atoms. The lowest BCUT2D eigenvalue weighted by atomic mass is 9.96. The van der Waals surface area contributed by atoms with Gasteiger partial charge in [0.25, 0.3) is 0 Å². The molecular weight excluding hydrogens is 337 g/mol. The molecule has 3 aromatic rings. The van der Waals surface area contributed by atoms with Crippen molar-refractivity contribution in [3.05, 3.63) is 52.9 Å². The average molecular weight is 357 g/mol. The topological polar surface area (TPSA) is 80.3 Å². The summed E-state index contributed by atoms with van der Waals surface area (Å²) in [6.45, 7) is 2.10. The molecule has 0 aliphatic heterocycles. The summed E-state index contributed by atoms with van der Waals surface area (Å²) >= 11 is 0. The summed E-state index contributed by atoms with van der Waals surface area (Å²) in [6, 6.07) is 5.74. The van der Waals surface area contributed by atoms with E-state index in [2.05, 4.69) is 15.8 Å². The molecule has 1 aliphatic rings. The van der Waals surface area contributed by atoms with E-state index in [0.717, 1.165) is 42.7 Å². The number of para-hydroxylation sites is 1. The Labute approximate surface area is 149 Å². The van der Waals surface area contributed by atoms with Gasteiger partial charge >= 0.3 is 6.03 Å². The van der Waals surface area contributed by atoms with Crippen LogP contribution in [0.25, 0.3) is 11.0 Å². The summed E-state index contributed by atoms with van der Waals surface area (Å²) in [5.74, 6) is 1.02. The molecule has 4 rings (SSSR count). The van der Waals surface area contributed by atoms with E-state index in [4.69, 9.17) is 8.94 Å². The Morgan fingerprint density at radius 3 is 3.04 bits per heavy atom. The standard InChI is InChI=1S/C19H20FN3O3/c1-11(17-9-12-5-4-7-14(20)18(12)25-17)22-19(24)21-10-15-13-6-2-3-8-16(13)26-23-15/h4-5,7,9,11H,2-3,6,8,10H2,1H3,(H2,21,22,24). The van der Waals surface area contributed by atoms with Gasteiger partial charge in [-0.3, -0.25) is 0 Å². The molecule has 0 saturated carbocycles. The lowest BCUT2D eigenvalue weighted by molar-refractivity contribution is 0.235. The maximum atomic E-state index is 13.7. The first-order chi connectivity index (χ1) is 12.6. The quantitative estimate of drug-likeness (QED) is 0.740. The first-order valence-corrected chi connectivity index (χ1v) is 8.80. The van der Waals surface area contributed by atoms with Crippen molar-refractivity contribution in [1.29, 1.82) is 0 Å². The summed E-state index contributed by atoms with van der Waals surface area (Å²) in [5, 5.41) is 10.3. The highest BCUT2D eigenvalue weighted by molar-refractivity contribution is 5.79. The van der Waals surface area contributed by atoms with Gasteiger partial charge in [-0.1, -0.05) is 17.3 Å². The van der Waals surface area contributed by atoms with Crippen molar-refractivity contribution in [2.24, 2.45) is 0 Å². The third kappa shape index (κ3) is 3.16. The van der Waals surface area contributed by atoms with E-state index in [1.807, 2.05) is 0 Å². The SMILES string of the molecule is CC(NC(=O)NCc1noc2c1CCCC2)c1cc2cccc(F)c2o1. The van der Waals surface area contributed by atoms with Crippen LogP contribution in [0.4, 0.5) is 9.18 Å². The van der Waals surface area contributed by atoms with Gasteiger partial charge in [0.1, 0.15) is 17.2 Å². The maximum Gasteiger partial charge on any atom is 0.315 e. The number of nitrogens with one attached hydrogen (secondary N) is 2. The fraction of sp³-hybridized carbons (Fsp3) is 0.368. The highest BCUT2D eigenvalue weighted by Gasteiger charge is 2.20. The van der Waals surface area contributed by atoms with Crippen molar-refractivity contribution < 1.29 is 18.1 Å². The minimum atomic E-state index is -0.416. The number of hydrogen-bond acceptors (Lipinski definition) is 4. The Balaban J connectivity index is 1.38. The van der Waals surface area contributed by atoms with Gasteiger partial charge in [-0.15, -0.1) is 0 Å². The molecule has 0 radical (unpaired) electrons. The Kier molecular flexibility index (Phi) is 4.36. The molecule has 0 saturated heterocycles. The molecular formula is C19H20FN3O3. The molecule has 2 aromatic heterocycles. The molecule has 2 N–H and O–H groups in total. The molecule has 6 nitrogen and oxygen atoms in total. The Morgan fingerprint density at radius 1 is 1.35 bits per heavy atom. The summed E-state index contributed by atoms with van der Waals surface area (Å²) in [4.78, 5) is 12.2. The molecule has 1 atom stereocenters.